The first kappa shape index (κ1) is 34.7. The average Bonchev–Trinajstić information content (AvgIpc) is 3.33. The van der Waals surface area contributed by atoms with Crippen LogP contribution in [0.25, 0.3) is 0 Å². The molecule has 8 heteroatoms. The Hall–Kier alpha value is -1.64. The second-order valence-corrected chi connectivity index (χ2v) is 18.4. The van der Waals surface area contributed by atoms with Crippen LogP contribution in [0.1, 0.15) is 118 Å². The molecule has 5 rings (SSSR count). The number of hydrogen-bond donors (Lipinski definition) is 3. The molecule has 0 heterocycles. The minimum atomic E-state index is -4.00. The molecule has 0 radical (unpaired) electrons. The van der Waals surface area contributed by atoms with Gasteiger partial charge in [0.05, 0.1) is 23.7 Å². The second kappa shape index (κ2) is 12.8. The van der Waals surface area contributed by atoms with Crippen molar-refractivity contribution in [1.82, 2.24) is 4.72 Å². The maximum absolute atomic E-state index is 12.7. The number of amides is 1. The zero-order valence-corrected chi connectivity index (χ0v) is 29.5. The summed E-state index contributed by atoms with van der Waals surface area (Å²) in [5, 5.41) is 22.5. The van der Waals surface area contributed by atoms with Gasteiger partial charge >= 0.3 is 6.09 Å². The lowest BCUT2D eigenvalue weighted by Crippen LogP contribution is -2.62. The molecule has 4 saturated carbocycles. The summed E-state index contributed by atoms with van der Waals surface area (Å²) in [6, 6.07) is 6.59. The van der Waals surface area contributed by atoms with E-state index in [-0.39, 0.29) is 45.9 Å². The highest BCUT2D eigenvalue weighted by Crippen LogP contribution is 2.69. The summed E-state index contributed by atoms with van der Waals surface area (Å²) in [5.41, 5.74) is 1.31. The van der Waals surface area contributed by atoms with Crippen molar-refractivity contribution in [2.24, 2.45) is 52.3 Å². The topological polar surface area (TPSA) is 113 Å². The smallest absolute Gasteiger partial charge is 0.421 e. The van der Waals surface area contributed by atoms with Crippen LogP contribution in [0, 0.1) is 52.3 Å². The number of carbonyl (C=O) groups excluding carboxylic acids is 1. The first-order valence-corrected chi connectivity index (χ1v) is 19.2. The van der Waals surface area contributed by atoms with Crippen LogP contribution < -0.4 is 4.72 Å². The van der Waals surface area contributed by atoms with E-state index in [0.717, 1.165) is 50.5 Å². The third-order valence-electron chi connectivity index (χ3n) is 13.4. The maximum atomic E-state index is 12.7. The van der Waals surface area contributed by atoms with Gasteiger partial charge in [-0.3, -0.25) is 0 Å². The fourth-order valence-corrected chi connectivity index (χ4v) is 11.9. The van der Waals surface area contributed by atoms with Crippen molar-refractivity contribution in [3.63, 3.8) is 0 Å². The Morgan fingerprint density at radius 1 is 1.00 bits per heavy atom. The van der Waals surface area contributed by atoms with E-state index in [0.29, 0.717) is 41.9 Å². The zero-order valence-electron chi connectivity index (χ0n) is 28.7. The molecule has 1 aromatic carbocycles. The molecule has 11 atom stereocenters. The Morgan fingerprint density at radius 3 is 2.29 bits per heavy atom. The lowest BCUT2D eigenvalue weighted by atomic mass is 9.41. The third kappa shape index (κ3) is 6.46. The first-order chi connectivity index (χ1) is 21.0. The fourth-order valence-electron chi connectivity index (χ4n) is 11.0. The van der Waals surface area contributed by atoms with E-state index in [2.05, 4.69) is 53.2 Å². The minimum absolute atomic E-state index is 0.0405. The van der Waals surface area contributed by atoms with Crippen LogP contribution in [0.2, 0.25) is 0 Å². The van der Waals surface area contributed by atoms with Gasteiger partial charge < -0.3 is 14.9 Å². The summed E-state index contributed by atoms with van der Waals surface area (Å²) < 4.78 is 32.8. The van der Waals surface area contributed by atoms with Crippen LogP contribution in [0.4, 0.5) is 4.79 Å². The number of ether oxygens (including phenoxy) is 1. The highest BCUT2D eigenvalue weighted by Gasteiger charge is 2.64. The van der Waals surface area contributed by atoms with E-state index < -0.39 is 16.1 Å². The number of aliphatic hydroxyl groups excluding tert-OH is 2. The Morgan fingerprint density at radius 2 is 1.64 bits per heavy atom. The molecule has 0 spiro atoms. The Balaban J connectivity index is 1.15. The molecule has 1 amide bonds. The molecule has 4 fully saturated rings. The van der Waals surface area contributed by atoms with Crippen molar-refractivity contribution < 1.29 is 28.2 Å². The van der Waals surface area contributed by atoms with Crippen molar-refractivity contribution in [1.29, 1.82) is 0 Å². The molecule has 4 aliphatic carbocycles. The quantitative estimate of drug-likeness (QED) is 0.253. The van der Waals surface area contributed by atoms with Gasteiger partial charge in [-0.2, -0.15) is 0 Å². The summed E-state index contributed by atoms with van der Waals surface area (Å²) in [4.78, 5) is 12.4. The lowest BCUT2D eigenvalue weighted by Gasteiger charge is -2.64. The number of carbonyl (C=O) groups is 1. The van der Waals surface area contributed by atoms with Crippen molar-refractivity contribution in [3.8, 4) is 0 Å². The summed E-state index contributed by atoms with van der Waals surface area (Å²) >= 11 is 0. The lowest BCUT2D eigenvalue weighted by molar-refractivity contribution is -0.203. The normalized spacial score (nSPS) is 38.9. The third-order valence-corrected chi connectivity index (χ3v) is 14.8. The van der Waals surface area contributed by atoms with E-state index in [9.17, 15) is 23.4 Å². The van der Waals surface area contributed by atoms with Crippen molar-refractivity contribution in [2.75, 3.05) is 6.61 Å². The first-order valence-electron chi connectivity index (χ1n) is 17.7. The molecule has 45 heavy (non-hydrogen) atoms. The molecule has 1 aromatic rings. The fraction of sp³-hybridized carbons (Fsp3) is 0.811. The van der Waals surface area contributed by atoms with E-state index >= 15 is 0 Å². The number of aliphatic hydroxyl groups is 2. The summed E-state index contributed by atoms with van der Waals surface area (Å²) in [6.45, 7) is 15.9. The highest BCUT2D eigenvalue weighted by atomic mass is 32.2. The molecular weight excluding hydrogens is 586 g/mol. The molecule has 0 aromatic heterocycles. The molecule has 0 bridgehead atoms. The number of hydrogen-bond acceptors (Lipinski definition) is 6. The molecule has 4 aliphatic rings. The summed E-state index contributed by atoms with van der Waals surface area (Å²) in [6.07, 6.45) is 8.60. The Kier molecular flexibility index (Phi) is 9.84. The van der Waals surface area contributed by atoms with E-state index in [1.807, 2.05) is 0 Å². The van der Waals surface area contributed by atoms with Crippen LogP contribution in [-0.4, -0.2) is 43.5 Å². The van der Waals surface area contributed by atoms with E-state index in [1.54, 1.807) is 12.1 Å². The molecule has 0 aliphatic heterocycles. The largest absolute Gasteiger partial charge is 0.449 e. The van der Waals surface area contributed by atoms with Gasteiger partial charge in [0.1, 0.15) is 0 Å². The van der Waals surface area contributed by atoms with Crippen LogP contribution in [-0.2, 0) is 20.2 Å². The molecule has 3 unspecified atom stereocenters. The van der Waals surface area contributed by atoms with Gasteiger partial charge in [-0.05, 0) is 133 Å². The molecule has 254 valence electrons. The van der Waals surface area contributed by atoms with Gasteiger partial charge in [-0.1, -0.05) is 67.0 Å². The van der Waals surface area contributed by atoms with Gasteiger partial charge in [0.15, 0.2) is 0 Å². The second-order valence-electron chi connectivity index (χ2n) is 16.8. The van der Waals surface area contributed by atoms with Gasteiger partial charge in [0.2, 0.25) is 0 Å². The van der Waals surface area contributed by atoms with E-state index in [1.165, 1.54) is 25.0 Å². The monoisotopic (exact) mass is 645 g/mol. The predicted molar refractivity (Wildman–Crippen MR) is 177 cm³/mol. The van der Waals surface area contributed by atoms with Crippen LogP contribution in [0.15, 0.2) is 29.2 Å². The van der Waals surface area contributed by atoms with Crippen molar-refractivity contribution in [3.05, 3.63) is 29.8 Å². The molecular formula is C37H59NO6S. The minimum Gasteiger partial charge on any atom is -0.449 e. The van der Waals surface area contributed by atoms with Crippen molar-refractivity contribution in [2.45, 2.75) is 135 Å². The maximum Gasteiger partial charge on any atom is 0.421 e. The van der Waals surface area contributed by atoms with Gasteiger partial charge in [-0.15, -0.1) is 0 Å². The summed E-state index contributed by atoms with van der Waals surface area (Å²) in [5.74, 6) is 3.05. The van der Waals surface area contributed by atoms with Crippen LogP contribution >= 0.6 is 0 Å². The van der Waals surface area contributed by atoms with Crippen LogP contribution in [0.3, 0.4) is 0 Å². The number of sulfonamides is 1. The molecule has 3 N–H and O–H groups in total. The molecule has 0 saturated heterocycles. The number of nitrogens with one attached hydrogen (secondary N) is 1. The highest BCUT2D eigenvalue weighted by molar-refractivity contribution is 7.90. The zero-order chi connectivity index (χ0) is 32.9. The standard InChI is InChI=1S/C37H59NO6S/c1-8-27-31-22-25(39)17-19-37(31,7)30-18-20-36(6)28(15-16-29(36)32(30)33(27)40)23(2)10-9-21-44-34(41)38-45(42,43)26-13-11-24(12-14-26)35(3,4)5/h11-14,23,25,27-33,39-40H,8-10,15-22H2,1-7H3,(H,38,41)/t23-,25-,27-,28-,29+,30+,31?,32?,33-,36?,37+/m1/s1. The number of benzene rings is 1. The SMILES string of the molecule is CC[C@@H]1C2C[C@H](O)CC[C@@]2(C)[C@H]2CCC3(C)[C@@H]([C@H](C)CCCOC(=O)NS(=O)(=O)c4ccc(C(C)(C)C)cc4)CC[C@H]3C2[C@@H]1O. The van der Waals surface area contributed by atoms with Crippen molar-refractivity contribution >= 4 is 16.1 Å². The molecule has 7 nitrogen and oxygen atoms in total. The summed E-state index contributed by atoms with van der Waals surface area (Å²) in [7, 11) is -4.00. The van der Waals surface area contributed by atoms with Crippen LogP contribution in [0.5, 0.6) is 0 Å². The predicted octanol–water partition coefficient (Wildman–Crippen LogP) is 7.44. The average molecular weight is 646 g/mol. The van der Waals surface area contributed by atoms with Gasteiger partial charge in [-0.25, -0.2) is 17.9 Å². The van der Waals surface area contributed by atoms with E-state index in [4.69, 9.17) is 4.74 Å². The number of rotatable bonds is 8. The Bertz CT molecular complexity index is 1310. The Labute approximate surface area is 272 Å². The van der Waals surface area contributed by atoms with Gasteiger partial charge in [0, 0.05) is 0 Å². The van der Waals surface area contributed by atoms with Gasteiger partial charge in [0.25, 0.3) is 10.0 Å². The number of fused-ring (bicyclic) bond motifs is 5.